The van der Waals surface area contributed by atoms with Crippen molar-refractivity contribution in [1.82, 2.24) is 5.32 Å². The molecule has 0 heterocycles. The summed E-state index contributed by atoms with van der Waals surface area (Å²) < 4.78 is 0. The number of aliphatic hydroxyl groups excluding tert-OH is 3. The maximum absolute atomic E-state index is 12.4. The van der Waals surface area contributed by atoms with E-state index in [9.17, 15) is 20.1 Å². The van der Waals surface area contributed by atoms with Gasteiger partial charge in [0.15, 0.2) is 0 Å². The summed E-state index contributed by atoms with van der Waals surface area (Å²) in [5.74, 6) is -0.529. The number of carbonyl (C=O) groups excluding carboxylic acids is 1. The number of allylic oxidation sites excluding steroid dienone is 7. The van der Waals surface area contributed by atoms with Crippen LogP contribution in [0.5, 0.6) is 0 Å². The van der Waals surface area contributed by atoms with Crippen molar-refractivity contribution in [2.24, 2.45) is 0 Å². The summed E-state index contributed by atoms with van der Waals surface area (Å²) in [5.41, 5.74) is 0. The molecule has 0 spiro atoms. The van der Waals surface area contributed by atoms with Crippen LogP contribution in [-0.4, -0.2) is 46.1 Å². The fourth-order valence-electron chi connectivity index (χ4n) is 4.84. The minimum atomic E-state index is -1.12. The Morgan fingerprint density at radius 1 is 0.595 bits per heavy atom. The molecule has 0 aromatic rings. The number of amides is 1. The highest BCUT2D eigenvalue weighted by molar-refractivity contribution is 5.80. The minimum absolute atomic E-state index is 0.383. The zero-order valence-corrected chi connectivity index (χ0v) is 27.4. The van der Waals surface area contributed by atoms with Gasteiger partial charge >= 0.3 is 0 Å². The maximum Gasteiger partial charge on any atom is 0.249 e. The lowest BCUT2D eigenvalue weighted by atomic mass is 10.1. The monoisotopic (exact) mass is 590 g/mol. The van der Waals surface area contributed by atoms with Crippen molar-refractivity contribution in [3.63, 3.8) is 0 Å². The molecule has 3 unspecified atom stereocenters. The van der Waals surface area contributed by atoms with Crippen molar-refractivity contribution in [2.75, 3.05) is 6.61 Å². The van der Waals surface area contributed by atoms with Gasteiger partial charge in [0.05, 0.1) is 18.8 Å². The minimum Gasteiger partial charge on any atom is -0.394 e. The quantitative estimate of drug-likeness (QED) is 0.0382. The summed E-state index contributed by atoms with van der Waals surface area (Å²) in [4.78, 5) is 12.4. The van der Waals surface area contributed by atoms with Gasteiger partial charge in [-0.25, -0.2) is 0 Å². The molecular formula is C37H67NO4. The first-order valence-electron chi connectivity index (χ1n) is 17.5. The molecule has 0 radical (unpaired) electrons. The maximum atomic E-state index is 12.4. The molecule has 0 saturated heterocycles. The fraction of sp³-hybridized carbons (Fsp3) is 0.757. The molecule has 0 saturated carbocycles. The van der Waals surface area contributed by atoms with Gasteiger partial charge in [0.1, 0.15) is 6.10 Å². The van der Waals surface area contributed by atoms with E-state index in [-0.39, 0.29) is 6.61 Å². The van der Waals surface area contributed by atoms with Crippen LogP contribution >= 0.6 is 0 Å². The zero-order valence-electron chi connectivity index (χ0n) is 27.4. The van der Waals surface area contributed by atoms with Crippen molar-refractivity contribution in [2.45, 2.75) is 173 Å². The van der Waals surface area contributed by atoms with E-state index in [2.05, 4.69) is 55.6 Å². The lowest BCUT2D eigenvalue weighted by Crippen LogP contribution is -2.48. The highest BCUT2D eigenvalue weighted by atomic mass is 16.3. The number of nitrogens with one attached hydrogen (secondary N) is 1. The van der Waals surface area contributed by atoms with Crippen LogP contribution in [0.4, 0.5) is 0 Å². The second-order valence-corrected chi connectivity index (χ2v) is 11.7. The highest BCUT2D eigenvalue weighted by Crippen LogP contribution is 2.11. The Morgan fingerprint density at radius 3 is 1.64 bits per heavy atom. The molecule has 0 bridgehead atoms. The molecule has 0 fully saturated rings. The Balaban J connectivity index is 3.88. The summed E-state index contributed by atoms with van der Waals surface area (Å²) in [6, 6.07) is -0.819. The Hall–Kier alpha value is -1.69. The summed E-state index contributed by atoms with van der Waals surface area (Å²) in [6.45, 7) is 4.09. The number of hydrogen-bond acceptors (Lipinski definition) is 4. The lowest BCUT2D eigenvalue weighted by molar-refractivity contribution is -0.131. The van der Waals surface area contributed by atoms with Crippen LogP contribution in [-0.2, 0) is 4.79 Å². The zero-order chi connectivity index (χ0) is 30.9. The number of unbranched alkanes of at least 4 members (excludes halogenated alkanes) is 17. The van der Waals surface area contributed by atoms with E-state index >= 15 is 0 Å². The van der Waals surface area contributed by atoms with Crippen LogP contribution in [0.2, 0.25) is 0 Å². The molecule has 4 N–H and O–H groups in total. The Labute approximate surface area is 259 Å². The topological polar surface area (TPSA) is 89.8 Å². The van der Waals surface area contributed by atoms with Crippen LogP contribution in [0.25, 0.3) is 0 Å². The first kappa shape index (κ1) is 40.3. The van der Waals surface area contributed by atoms with Crippen LogP contribution in [0.1, 0.15) is 155 Å². The van der Waals surface area contributed by atoms with E-state index in [0.717, 1.165) is 64.2 Å². The summed E-state index contributed by atoms with van der Waals surface area (Å²) in [5, 5.41) is 32.8. The SMILES string of the molecule is CCCCC/C=C\C=C/CCCCCCCC(O)C(=O)NC(CO)C(O)/C=C/CC/C=C/CCCCCCCCCC. The van der Waals surface area contributed by atoms with Crippen LogP contribution < -0.4 is 5.32 Å². The van der Waals surface area contributed by atoms with Gasteiger partial charge in [0, 0.05) is 0 Å². The summed E-state index contributed by atoms with van der Waals surface area (Å²) >= 11 is 0. The van der Waals surface area contributed by atoms with E-state index in [1.165, 1.54) is 70.6 Å². The van der Waals surface area contributed by atoms with Crippen LogP contribution in [0.15, 0.2) is 48.6 Å². The molecule has 3 atom stereocenters. The third kappa shape index (κ3) is 27.2. The molecule has 5 heteroatoms. The number of rotatable bonds is 30. The molecule has 0 rings (SSSR count). The van der Waals surface area contributed by atoms with Gasteiger partial charge in [-0.2, -0.15) is 0 Å². The summed E-state index contributed by atoms with van der Waals surface area (Å²) in [6.07, 6.45) is 39.7. The van der Waals surface area contributed by atoms with Crippen molar-refractivity contribution in [3.8, 4) is 0 Å². The van der Waals surface area contributed by atoms with E-state index < -0.39 is 24.2 Å². The van der Waals surface area contributed by atoms with E-state index in [0.29, 0.717) is 6.42 Å². The number of aliphatic hydroxyl groups is 3. The second-order valence-electron chi connectivity index (χ2n) is 11.7. The van der Waals surface area contributed by atoms with Crippen LogP contribution in [0.3, 0.4) is 0 Å². The molecule has 0 aliphatic carbocycles. The first-order valence-corrected chi connectivity index (χ1v) is 17.5. The van der Waals surface area contributed by atoms with Crippen molar-refractivity contribution in [3.05, 3.63) is 48.6 Å². The third-order valence-electron chi connectivity index (χ3n) is 7.67. The smallest absolute Gasteiger partial charge is 0.249 e. The van der Waals surface area contributed by atoms with Gasteiger partial charge in [-0.15, -0.1) is 0 Å². The van der Waals surface area contributed by atoms with Crippen molar-refractivity contribution in [1.29, 1.82) is 0 Å². The molecule has 0 aliphatic rings. The predicted molar refractivity (Wildman–Crippen MR) is 181 cm³/mol. The molecule has 0 aliphatic heterocycles. The Morgan fingerprint density at radius 2 is 1.05 bits per heavy atom. The standard InChI is InChI=1S/C37H67NO4/c1-3-5-7-9-11-13-15-17-19-21-23-25-27-29-31-35(40)34(33-39)38-37(42)36(41)32-30-28-26-24-22-20-18-16-14-12-10-8-6-4-2/h12,14,16,18,21,23,29,31,34-36,39-41H,3-11,13,15,17,19-20,22,24-28,30,32-33H2,1-2H3,(H,38,42)/b14-12-,18-16-,23-21+,31-29+. The largest absolute Gasteiger partial charge is 0.394 e. The highest BCUT2D eigenvalue weighted by Gasteiger charge is 2.22. The number of hydrogen-bond donors (Lipinski definition) is 4. The van der Waals surface area contributed by atoms with Crippen molar-refractivity contribution >= 4 is 5.91 Å². The van der Waals surface area contributed by atoms with E-state index in [4.69, 9.17) is 0 Å². The molecule has 0 aromatic carbocycles. The van der Waals surface area contributed by atoms with Gasteiger partial charge < -0.3 is 20.6 Å². The van der Waals surface area contributed by atoms with Gasteiger partial charge in [-0.1, -0.05) is 146 Å². The fourth-order valence-corrected chi connectivity index (χ4v) is 4.84. The van der Waals surface area contributed by atoms with Gasteiger partial charge in [0.2, 0.25) is 5.91 Å². The molecule has 1 amide bonds. The summed E-state index contributed by atoms with van der Waals surface area (Å²) in [7, 11) is 0. The third-order valence-corrected chi connectivity index (χ3v) is 7.67. The first-order chi connectivity index (χ1) is 20.6. The molecule has 5 nitrogen and oxygen atoms in total. The molecule has 244 valence electrons. The Bertz CT molecular complexity index is 700. The normalized spacial score (nSPS) is 14.5. The van der Waals surface area contributed by atoms with Gasteiger partial charge in [0.25, 0.3) is 0 Å². The van der Waals surface area contributed by atoms with Crippen molar-refractivity contribution < 1.29 is 20.1 Å². The Kier molecular flexibility index (Phi) is 30.9. The van der Waals surface area contributed by atoms with Crippen LogP contribution in [0, 0.1) is 0 Å². The average molecular weight is 590 g/mol. The molecule has 0 aromatic heterocycles. The molecular weight excluding hydrogens is 522 g/mol. The number of carbonyl (C=O) groups is 1. The van der Waals surface area contributed by atoms with E-state index in [1.54, 1.807) is 6.08 Å². The van der Waals surface area contributed by atoms with E-state index in [1.807, 2.05) is 6.08 Å². The van der Waals surface area contributed by atoms with Gasteiger partial charge in [-0.3, -0.25) is 4.79 Å². The molecule has 42 heavy (non-hydrogen) atoms. The predicted octanol–water partition coefficient (Wildman–Crippen LogP) is 9.03. The van der Waals surface area contributed by atoms with Gasteiger partial charge in [-0.05, 0) is 57.8 Å². The average Bonchev–Trinajstić information content (AvgIpc) is 2.99. The second kappa shape index (κ2) is 32.2. The lowest BCUT2D eigenvalue weighted by Gasteiger charge is -2.21.